The summed E-state index contributed by atoms with van der Waals surface area (Å²) in [4.78, 5) is 109. The van der Waals surface area contributed by atoms with Crippen LogP contribution in [0.1, 0.15) is 75.5 Å². The third-order valence-corrected chi connectivity index (χ3v) is 11.4. The second-order valence-electron chi connectivity index (χ2n) is 16.6. The van der Waals surface area contributed by atoms with Crippen molar-refractivity contribution in [2.24, 2.45) is 11.5 Å². The molecule has 1 aromatic heterocycles. The Hall–Kier alpha value is -7.37. The molecule has 0 spiro atoms. The molecule has 0 fully saturated rings. The zero-order valence-electron chi connectivity index (χ0n) is 38.8. The van der Waals surface area contributed by atoms with Gasteiger partial charge in [-0.2, -0.15) is 8.42 Å². The number of aromatic amines is 1. The number of benzene rings is 3. The maximum absolute atomic E-state index is 14.2. The van der Waals surface area contributed by atoms with Gasteiger partial charge in [-0.05, 0) is 54.2 Å². The third kappa shape index (κ3) is 18.3. The second-order valence-corrected chi connectivity index (χ2v) is 17.6. The summed E-state index contributed by atoms with van der Waals surface area (Å²) < 4.78 is 35.3. The Balaban J connectivity index is 1.48. The molecule has 0 saturated carbocycles. The maximum Gasteiger partial charge on any atom is 0.446 e. The van der Waals surface area contributed by atoms with Crippen LogP contribution in [-0.4, -0.2) is 113 Å². The minimum Gasteiger partial charge on any atom is -0.481 e. The van der Waals surface area contributed by atoms with E-state index >= 15 is 0 Å². The predicted molar refractivity (Wildman–Crippen MR) is 256 cm³/mol. The lowest BCUT2D eigenvalue weighted by atomic mass is 10.0. The number of unbranched alkanes of at least 4 members (excludes halogenated alkanes) is 2. The molecule has 23 heteroatoms. The van der Waals surface area contributed by atoms with Gasteiger partial charge in [0.2, 0.25) is 41.4 Å². The van der Waals surface area contributed by atoms with Crippen molar-refractivity contribution >= 4 is 68.6 Å². The van der Waals surface area contributed by atoms with Crippen LogP contribution in [0.5, 0.6) is 5.75 Å². The molecule has 0 aliphatic heterocycles. The molecule has 0 saturated heterocycles. The number of nitrogens with two attached hydrogens (primary N) is 2. The van der Waals surface area contributed by atoms with Gasteiger partial charge in [0, 0.05) is 29.9 Å². The van der Waals surface area contributed by atoms with Crippen molar-refractivity contribution in [1.82, 2.24) is 36.9 Å². The Morgan fingerprint density at radius 2 is 1.19 bits per heavy atom. The molecular formula is C47H61N9O13S. The fraction of sp³-hybridized carbons (Fsp3) is 0.404. The molecule has 22 nitrogen and oxygen atoms in total. The predicted octanol–water partition coefficient (Wildman–Crippen LogP) is 0.585. The van der Waals surface area contributed by atoms with Crippen LogP contribution in [0.3, 0.4) is 0 Å². The van der Waals surface area contributed by atoms with Crippen LogP contribution >= 0.6 is 0 Å². The van der Waals surface area contributed by atoms with Crippen molar-refractivity contribution in [1.29, 1.82) is 0 Å². The van der Waals surface area contributed by atoms with E-state index in [4.69, 9.17) is 16.0 Å². The van der Waals surface area contributed by atoms with Crippen LogP contribution in [0.15, 0.2) is 85.1 Å². The molecule has 4 aromatic rings. The molecule has 1 heterocycles. The monoisotopic (exact) mass is 991 g/mol. The quantitative estimate of drug-likeness (QED) is 0.0332. The van der Waals surface area contributed by atoms with Crippen molar-refractivity contribution in [3.05, 3.63) is 102 Å². The highest BCUT2D eigenvalue weighted by molar-refractivity contribution is 7.81. The van der Waals surface area contributed by atoms with Gasteiger partial charge in [-0.25, -0.2) is 0 Å². The Kier molecular flexibility index (Phi) is 21.3. The largest absolute Gasteiger partial charge is 0.481 e. The number of hydrogen-bond acceptors (Lipinski definition) is 12. The minimum absolute atomic E-state index is 0.00954. The van der Waals surface area contributed by atoms with Gasteiger partial charge < -0.3 is 57.6 Å². The number of carbonyl (C=O) groups excluding carboxylic acids is 7. The molecule has 378 valence electrons. The first-order chi connectivity index (χ1) is 33.3. The molecular weight excluding hydrogens is 931 g/mol. The summed E-state index contributed by atoms with van der Waals surface area (Å²) in [6.07, 6.45) is 3.04. The van der Waals surface area contributed by atoms with Gasteiger partial charge in [0.15, 0.2) is 0 Å². The zero-order valence-corrected chi connectivity index (χ0v) is 39.6. The lowest BCUT2D eigenvalue weighted by molar-refractivity contribution is -0.141. The number of nitrogens with one attached hydrogen (secondary N) is 7. The molecule has 0 unspecified atom stereocenters. The number of primary amides is 1. The van der Waals surface area contributed by atoms with E-state index in [-0.39, 0.29) is 37.9 Å². The average Bonchev–Trinajstić information content (AvgIpc) is 3.72. The molecule has 13 N–H and O–H groups in total. The minimum atomic E-state index is -4.74. The Bertz CT molecular complexity index is 2560. The van der Waals surface area contributed by atoms with E-state index in [2.05, 4.69) is 41.1 Å². The maximum atomic E-state index is 14.2. The number of carbonyl (C=O) groups is 8. The summed E-state index contributed by atoms with van der Waals surface area (Å²) in [5.74, 6) is -7.45. The number of carboxylic acids is 1. The number of fused-ring (bicyclic) bond motifs is 1. The molecule has 6 atom stereocenters. The molecule has 70 heavy (non-hydrogen) atoms. The Morgan fingerprint density at radius 1 is 0.643 bits per heavy atom. The highest BCUT2D eigenvalue weighted by Crippen LogP contribution is 2.20. The smallest absolute Gasteiger partial charge is 0.446 e. The highest BCUT2D eigenvalue weighted by Gasteiger charge is 2.33. The number of amides is 7. The van der Waals surface area contributed by atoms with Crippen molar-refractivity contribution in [3.8, 4) is 5.75 Å². The summed E-state index contributed by atoms with van der Waals surface area (Å²) in [5.41, 5.74) is 14.2. The Labute approximate surface area is 404 Å². The molecule has 0 aliphatic carbocycles. The first-order valence-electron chi connectivity index (χ1n) is 22.7. The van der Waals surface area contributed by atoms with Crippen molar-refractivity contribution in [2.45, 2.75) is 114 Å². The van der Waals surface area contributed by atoms with Crippen LogP contribution < -0.4 is 47.6 Å². The van der Waals surface area contributed by atoms with Gasteiger partial charge in [0.25, 0.3) is 0 Å². The van der Waals surface area contributed by atoms with E-state index in [1.54, 1.807) is 54.7 Å². The van der Waals surface area contributed by atoms with Crippen LogP contribution in [0.2, 0.25) is 0 Å². The van der Waals surface area contributed by atoms with E-state index in [1.807, 2.05) is 19.9 Å². The van der Waals surface area contributed by atoms with E-state index in [1.165, 1.54) is 24.3 Å². The SMILES string of the molecule is CCCC[C@H](NC(=O)[C@H](Cc1c[nH]c2ccccc12)NC(=O)CNC(=O)[C@H](CCCC)NC(=O)[C@@H](N)Cc1ccc(OS(=O)(=O)O)cc1)C(=O)N[C@@H](CC(=O)O)C(=O)N[C@@H](Cc1ccccc1)C(N)=O. The number of carboxylic acid groups (broad SMARTS) is 1. The fourth-order valence-corrected chi connectivity index (χ4v) is 7.68. The summed E-state index contributed by atoms with van der Waals surface area (Å²) in [6.45, 7) is 3.08. The van der Waals surface area contributed by atoms with Crippen LogP contribution in [0.25, 0.3) is 10.9 Å². The summed E-state index contributed by atoms with van der Waals surface area (Å²) in [7, 11) is -4.74. The molecule has 3 aromatic carbocycles. The van der Waals surface area contributed by atoms with Crippen LogP contribution in [-0.2, 0) is 68.0 Å². The van der Waals surface area contributed by atoms with Gasteiger partial charge >= 0.3 is 16.4 Å². The number of hydrogen-bond donors (Lipinski definition) is 11. The van der Waals surface area contributed by atoms with Gasteiger partial charge in [-0.15, -0.1) is 0 Å². The van der Waals surface area contributed by atoms with Gasteiger partial charge in [-0.1, -0.05) is 100 Å². The summed E-state index contributed by atoms with van der Waals surface area (Å²) in [6, 6.07) is 13.3. The van der Waals surface area contributed by atoms with Gasteiger partial charge in [-0.3, -0.25) is 42.9 Å². The second kappa shape index (κ2) is 27.0. The molecule has 7 amide bonds. The fourth-order valence-electron chi connectivity index (χ4n) is 7.32. The first-order valence-corrected chi connectivity index (χ1v) is 24.0. The lowest BCUT2D eigenvalue weighted by Gasteiger charge is -2.26. The molecule has 4 rings (SSSR count). The zero-order chi connectivity index (χ0) is 51.4. The van der Waals surface area contributed by atoms with Gasteiger partial charge in [0.1, 0.15) is 36.0 Å². The average molecular weight is 992 g/mol. The van der Waals surface area contributed by atoms with E-state index in [0.29, 0.717) is 42.4 Å². The molecule has 0 radical (unpaired) electrons. The molecule has 0 bridgehead atoms. The van der Waals surface area contributed by atoms with Crippen molar-refractivity contribution < 1.29 is 60.6 Å². The topological polar surface area (TPSA) is 360 Å². The van der Waals surface area contributed by atoms with Crippen LogP contribution in [0.4, 0.5) is 0 Å². The summed E-state index contributed by atoms with van der Waals surface area (Å²) in [5, 5.41) is 25.7. The third-order valence-electron chi connectivity index (χ3n) is 11.0. The normalized spacial score (nSPS) is 13.8. The Morgan fingerprint density at radius 3 is 1.80 bits per heavy atom. The highest BCUT2D eigenvalue weighted by atomic mass is 32.3. The first kappa shape index (κ1) is 55.2. The van der Waals surface area contributed by atoms with Crippen molar-refractivity contribution in [2.75, 3.05) is 6.54 Å². The number of para-hydroxylation sites is 1. The number of rotatable bonds is 29. The van der Waals surface area contributed by atoms with E-state index in [9.17, 15) is 51.9 Å². The van der Waals surface area contributed by atoms with E-state index in [0.717, 1.165) is 10.9 Å². The van der Waals surface area contributed by atoms with Crippen molar-refractivity contribution in [3.63, 3.8) is 0 Å². The number of H-pyrrole nitrogens is 1. The van der Waals surface area contributed by atoms with Gasteiger partial charge in [0.05, 0.1) is 19.0 Å². The summed E-state index contributed by atoms with van der Waals surface area (Å²) >= 11 is 0. The number of aliphatic carboxylic acids is 1. The lowest BCUT2D eigenvalue weighted by Crippen LogP contribution is -2.59. The number of aromatic nitrogens is 1. The standard InChI is InChI=1S/C47H61N9O13S/c1-3-5-15-35(53-43(61)33(48)22-29-18-20-31(21-19-29)69-70(66,67)68)44(62)51-27-40(57)52-38(24-30-26-50-34-17-11-10-14-32(30)34)46(64)54-36(16-6-4-2)45(63)56-39(25-41(58)59)47(65)55-37(42(49)60)23-28-12-8-7-9-13-28/h7-14,17-21,26,33,35-39,50H,3-6,15-16,22-25,27,48H2,1-2H3,(H2,49,60)(H,51,62)(H,52,57)(H,53,61)(H,54,64)(H,55,65)(H,56,63)(H,58,59)(H,66,67,68)/t33-,35-,36-,37-,38-,39-/m0/s1. The van der Waals surface area contributed by atoms with Crippen LogP contribution in [0, 0.1) is 0 Å². The van der Waals surface area contributed by atoms with E-state index < -0.39 is 107 Å². The molecule has 0 aliphatic rings.